The Hall–Kier alpha value is -2.03. The number of aryl methyl sites for hydroxylation is 1. The van der Waals surface area contributed by atoms with Gasteiger partial charge >= 0.3 is 5.82 Å². The summed E-state index contributed by atoms with van der Waals surface area (Å²) in [5.41, 5.74) is 0. The van der Waals surface area contributed by atoms with Crippen molar-refractivity contribution in [1.82, 2.24) is 9.55 Å². The van der Waals surface area contributed by atoms with Gasteiger partial charge in [0.2, 0.25) is 12.1 Å². The Balaban J connectivity index is 3.01. The Kier molecular flexibility index (Phi) is 2.72. The topological polar surface area (TPSA) is 73.0 Å². The van der Waals surface area contributed by atoms with Crippen LogP contribution in [0.5, 0.6) is 0 Å². The minimum Gasteiger partial charge on any atom is -0.358 e. The Morgan fingerprint density at radius 3 is 3.00 bits per heavy atom. The van der Waals surface area contributed by atoms with E-state index in [1.54, 1.807) is 14.0 Å². The number of imidazole rings is 1. The highest BCUT2D eigenvalue weighted by Crippen LogP contribution is 2.21. The smallest absolute Gasteiger partial charge is 0.358 e. The normalized spacial score (nSPS) is 11.8. The summed E-state index contributed by atoms with van der Waals surface area (Å²) in [5.74, 6) is 2.53. The SMILES string of the molecule is C#CC(C)Nc1c([N+](=O)[O-])ncn1C. The average Bonchev–Trinajstić information content (AvgIpc) is 2.48. The minimum atomic E-state index is -0.550. The molecular weight excluding hydrogens is 184 g/mol. The zero-order valence-corrected chi connectivity index (χ0v) is 7.89. The van der Waals surface area contributed by atoms with Gasteiger partial charge in [0.05, 0.1) is 6.04 Å². The van der Waals surface area contributed by atoms with Gasteiger partial charge in [0.15, 0.2) is 0 Å². The van der Waals surface area contributed by atoms with E-state index in [4.69, 9.17) is 6.42 Å². The largest absolute Gasteiger partial charge is 0.406 e. The number of nitrogens with one attached hydrogen (secondary N) is 1. The van der Waals surface area contributed by atoms with E-state index in [0.29, 0.717) is 5.82 Å². The molecule has 6 heteroatoms. The van der Waals surface area contributed by atoms with Crippen LogP contribution >= 0.6 is 0 Å². The lowest BCUT2D eigenvalue weighted by atomic mass is 10.3. The molecule has 0 radical (unpaired) electrons. The molecule has 1 N–H and O–H groups in total. The number of hydrogen-bond acceptors (Lipinski definition) is 4. The van der Waals surface area contributed by atoms with Crippen molar-refractivity contribution in [1.29, 1.82) is 0 Å². The van der Waals surface area contributed by atoms with Gasteiger partial charge in [0.25, 0.3) is 0 Å². The van der Waals surface area contributed by atoms with Crippen LogP contribution in [0.1, 0.15) is 6.92 Å². The highest BCUT2D eigenvalue weighted by Gasteiger charge is 2.20. The number of nitrogens with zero attached hydrogens (tertiary/aromatic N) is 3. The van der Waals surface area contributed by atoms with Gasteiger partial charge < -0.3 is 15.4 Å². The van der Waals surface area contributed by atoms with E-state index in [1.807, 2.05) is 0 Å². The summed E-state index contributed by atoms with van der Waals surface area (Å²) < 4.78 is 1.52. The summed E-state index contributed by atoms with van der Waals surface area (Å²) in [6.07, 6.45) is 6.52. The summed E-state index contributed by atoms with van der Waals surface area (Å²) in [6.45, 7) is 1.73. The van der Waals surface area contributed by atoms with Crippen molar-refractivity contribution in [3.63, 3.8) is 0 Å². The summed E-state index contributed by atoms with van der Waals surface area (Å²) >= 11 is 0. The van der Waals surface area contributed by atoms with E-state index in [2.05, 4.69) is 16.2 Å². The average molecular weight is 194 g/mol. The molecule has 1 aromatic rings. The molecule has 0 aliphatic carbocycles. The third-order valence-corrected chi connectivity index (χ3v) is 1.69. The predicted molar refractivity (Wildman–Crippen MR) is 51.8 cm³/mol. The quantitative estimate of drug-likeness (QED) is 0.438. The van der Waals surface area contributed by atoms with Crippen LogP contribution in [0.4, 0.5) is 11.6 Å². The molecule has 1 aromatic heterocycles. The molecule has 0 aliphatic rings. The van der Waals surface area contributed by atoms with Crippen LogP contribution in [-0.4, -0.2) is 20.5 Å². The number of anilines is 1. The Morgan fingerprint density at radius 1 is 1.86 bits per heavy atom. The number of nitro groups is 1. The number of aromatic nitrogens is 2. The fraction of sp³-hybridized carbons (Fsp3) is 0.375. The first-order chi connectivity index (χ1) is 6.56. The molecule has 0 bridgehead atoms. The summed E-state index contributed by atoms with van der Waals surface area (Å²) in [6, 6.07) is -0.274. The molecular formula is C8H10N4O2. The van der Waals surface area contributed by atoms with Crippen molar-refractivity contribution in [2.24, 2.45) is 7.05 Å². The number of terminal acetylenes is 1. The van der Waals surface area contributed by atoms with E-state index in [-0.39, 0.29) is 11.9 Å². The minimum absolute atomic E-state index is 0.213. The van der Waals surface area contributed by atoms with Gasteiger partial charge in [0.1, 0.15) is 0 Å². The molecule has 0 saturated heterocycles. The van der Waals surface area contributed by atoms with E-state index in [9.17, 15) is 10.1 Å². The zero-order valence-electron chi connectivity index (χ0n) is 7.89. The summed E-state index contributed by atoms with van der Waals surface area (Å²) in [4.78, 5) is 13.6. The second-order valence-electron chi connectivity index (χ2n) is 2.82. The molecule has 0 spiro atoms. The molecule has 0 saturated carbocycles. The summed E-state index contributed by atoms with van der Waals surface area (Å²) in [5, 5.41) is 13.4. The van der Waals surface area contributed by atoms with E-state index < -0.39 is 4.92 Å². The lowest BCUT2D eigenvalue weighted by Gasteiger charge is -2.07. The van der Waals surface area contributed by atoms with Crippen molar-refractivity contribution in [2.75, 3.05) is 5.32 Å². The highest BCUT2D eigenvalue weighted by molar-refractivity contribution is 5.53. The van der Waals surface area contributed by atoms with Gasteiger partial charge in [-0.1, -0.05) is 5.92 Å². The first-order valence-electron chi connectivity index (χ1n) is 3.94. The van der Waals surface area contributed by atoms with E-state index in [1.165, 1.54) is 10.9 Å². The summed E-state index contributed by atoms with van der Waals surface area (Å²) in [7, 11) is 1.66. The maximum atomic E-state index is 10.5. The fourth-order valence-electron chi connectivity index (χ4n) is 0.965. The third-order valence-electron chi connectivity index (χ3n) is 1.69. The standard InChI is InChI=1S/C8H10N4O2/c1-4-6(2)10-8-7(12(13)14)9-5-11(8)3/h1,5-6,10H,2-3H3. The molecule has 0 amide bonds. The molecule has 1 unspecified atom stereocenters. The predicted octanol–water partition coefficient (Wildman–Crippen LogP) is 0.762. The second kappa shape index (κ2) is 3.79. The van der Waals surface area contributed by atoms with Gasteiger partial charge in [-0.05, 0) is 16.8 Å². The molecule has 0 aromatic carbocycles. The first kappa shape index (κ1) is 10.1. The van der Waals surface area contributed by atoms with Crippen molar-refractivity contribution in [3.8, 4) is 12.3 Å². The Morgan fingerprint density at radius 2 is 2.50 bits per heavy atom. The van der Waals surface area contributed by atoms with Crippen LogP contribution in [0.15, 0.2) is 6.33 Å². The van der Waals surface area contributed by atoms with Crippen molar-refractivity contribution >= 4 is 11.6 Å². The molecule has 1 rings (SSSR count). The van der Waals surface area contributed by atoms with Gasteiger partial charge in [-0.15, -0.1) is 6.42 Å². The molecule has 14 heavy (non-hydrogen) atoms. The lowest BCUT2D eigenvalue weighted by molar-refractivity contribution is -0.388. The Bertz CT molecular complexity index is 391. The van der Waals surface area contributed by atoms with Crippen molar-refractivity contribution < 1.29 is 4.92 Å². The molecule has 1 heterocycles. The van der Waals surface area contributed by atoms with Crippen molar-refractivity contribution in [2.45, 2.75) is 13.0 Å². The first-order valence-corrected chi connectivity index (χ1v) is 3.94. The van der Waals surface area contributed by atoms with Gasteiger partial charge in [-0.2, -0.15) is 0 Å². The Labute approximate surface area is 81.1 Å². The van der Waals surface area contributed by atoms with Crippen LogP contribution in [-0.2, 0) is 7.05 Å². The maximum Gasteiger partial charge on any atom is 0.406 e. The molecule has 74 valence electrons. The zero-order chi connectivity index (χ0) is 10.7. The van der Waals surface area contributed by atoms with Gasteiger partial charge in [0, 0.05) is 7.05 Å². The molecule has 0 aliphatic heterocycles. The van der Waals surface area contributed by atoms with Crippen LogP contribution in [0, 0.1) is 22.5 Å². The van der Waals surface area contributed by atoms with Crippen LogP contribution in [0.25, 0.3) is 0 Å². The molecule has 6 nitrogen and oxygen atoms in total. The van der Waals surface area contributed by atoms with Crippen molar-refractivity contribution in [3.05, 3.63) is 16.4 Å². The lowest BCUT2D eigenvalue weighted by Crippen LogP contribution is -2.15. The highest BCUT2D eigenvalue weighted by atomic mass is 16.6. The molecule has 1 atom stereocenters. The molecule has 0 fully saturated rings. The van der Waals surface area contributed by atoms with Crippen LogP contribution < -0.4 is 5.32 Å². The van der Waals surface area contributed by atoms with E-state index >= 15 is 0 Å². The van der Waals surface area contributed by atoms with Crippen LogP contribution in [0.3, 0.4) is 0 Å². The maximum absolute atomic E-state index is 10.5. The third kappa shape index (κ3) is 1.82. The fourth-order valence-corrected chi connectivity index (χ4v) is 0.965. The second-order valence-corrected chi connectivity index (χ2v) is 2.82. The monoisotopic (exact) mass is 194 g/mol. The van der Waals surface area contributed by atoms with Gasteiger partial charge in [-0.3, -0.25) is 4.57 Å². The van der Waals surface area contributed by atoms with Crippen LogP contribution in [0.2, 0.25) is 0 Å². The van der Waals surface area contributed by atoms with E-state index in [0.717, 1.165) is 0 Å². The number of hydrogen-bond donors (Lipinski definition) is 1. The van der Waals surface area contributed by atoms with Gasteiger partial charge in [-0.25, -0.2) is 0 Å². The number of rotatable bonds is 3.